The van der Waals surface area contributed by atoms with Gasteiger partial charge in [-0.1, -0.05) is 17.7 Å². The van der Waals surface area contributed by atoms with Crippen molar-refractivity contribution in [3.8, 4) is 12.3 Å². The van der Waals surface area contributed by atoms with Gasteiger partial charge in [-0.25, -0.2) is 0 Å². The van der Waals surface area contributed by atoms with E-state index in [1.54, 1.807) is 0 Å². The fraction of sp³-hybridized carbons (Fsp3) is 0.200. The van der Waals surface area contributed by atoms with Gasteiger partial charge in [0.05, 0.1) is 11.1 Å². The monoisotopic (exact) mass is 272 g/mol. The first-order valence-corrected chi connectivity index (χ1v) is 5.20. The number of hydrogen-bond donors (Lipinski definition) is 2. The molecule has 0 aliphatic heterocycles. The van der Waals surface area contributed by atoms with Gasteiger partial charge in [0.25, 0.3) is 0 Å². The Kier molecular flexibility index (Phi) is 4.43. The molecule has 1 aromatic rings. The zero-order chi connectivity index (χ0) is 10.6. The molecule has 0 amide bonds. The third kappa shape index (κ3) is 2.73. The summed E-state index contributed by atoms with van der Waals surface area (Å²) in [5, 5.41) is 0.653. The van der Waals surface area contributed by atoms with E-state index in [-0.39, 0.29) is 6.04 Å². The maximum Gasteiger partial charge on any atom is 0.0569 e. The molecule has 2 nitrogen and oxygen atoms in total. The zero-order valence-electron chi connectivity index (χ0n) is 7.43. The standard InChI is InChI=1S/C10H10BrClN2/c1-2-3-10(14-13)7-4-5-8(11)9(12)6-7/h1,4-6,10,14H,3,13H2. The molecule has 1 aromatic carbocycles. The molecule has 0 heterocycles. The molecule has 1 unspecified atom stereocenters. The molecular formula is C10H10BrClN2. The number of hydrazine groups is 1. The highest BCUT2D eigenvalue weighted by molar-refractivity contribution is 9.10. The highest BCUT2D eigenvalue weighted by Gasteiger charge is 2.09. The van der Waals surface area contributed by atoms with Crippen LogP contribution in [0.4, 0.5) is 0 Å². The lowest BCUT2D eigenvalue weighted by Gasteiger charge is -2.13. The minimum atomic E-state index is -0.0504. The normalized spacial score (nSPS) is 12.1. The lowest BCUT2D eigenvalue weighted by Crippen LogP contribution is -2.27. The van der Waals surface area contributed by atoms with E-state index in [9.17, 15) is 0 Å². The van der Waals surface area contributed by atoms with Crippen LogP contribution >= 0.6 is 27.5 Å². The number of halogens is 2. The summed E-state index contributed by atoms with van der Waals surface area (Å²) in [6.07, 6.45) is 5.76. The quantitative estimate of drug-likeness (QED) is 0.505. The van der Waals surface area contributed by atoms with Crippen LogP contribution in [-0.2, 0) is 0 Å². The first kappa shape index (κ1) is 11.5. The molecule has 0 radical (unpaired) electrons. The molecule has 0 bridgehead atoms. The van der Waals surface area contributed by atoms with E-state index in [0.29, 0.717) is 11.4 Å². The second kappa shape index (κ2) is 5.38. The molecule has 0 saturated heterocycles. The van der Waals surface area contributed by atoms with Crippen LogP contribution < -0.4 is 11.3 Å². The Morgan fingerprint density at radius 3 is 2.86 bits per heavy atom. The molecule has 0 spiro atoms. The predicted octanol–water partition coefficient (Wildman–Crippen LogP) is 2.63. The molecule has 1 rings (SSSR count). The summed E-state index contributed by atoms with van der Waals surface area (Å²) in [6, 6.07) is 5.59. The molecule has 4 heteroatoms. The fourth-order valence-corrected chi connectivity index (χ4v) is 1.56. The van der Waals surface area contributed by atoms with Gasteiger partial charge in [0, 0.05) is 10.9 Å². The first-order valence-electron chi connectivity index (χ1n) is 4.03. The van der Waals surface area contributed by atoms with Crippen molar-refractivity contribution in [1.29, 1.82) is 0 Å². The molecule has 0 saturated carbocycles. The summed E-state index contributed by atoms with van der Waals surface area (Å²) < 4.78 is 0.861. The Morgan fingerprint density at radius 2 is 2.36 bits per heavy atom. The number of terminal acetylenes is 1. The third-order valence-electron chi connectivity index (χ3n) is 1.87. The van der Waals surface area contributed by atoms with Crippen LogP contribution in [0.5, 0.6) is 0 Å². The van der Waals surface area contributed by atoms with Crippen LogP contribution in [0.1, 0.15) is 18.0 Å². The van der Waals surface area contributed by atoms with E-state index in [1.165, 1.54) is 0 Å². The molecule has 0 aromatic heterocycles. The van der Waals surface area contributed by atoms with Gasteiger partial charge in [-0.05, 0) is 33.6 Å². The van der Waals surface area contributed by atoms with Gasteiger partial charge in [0.1, 0.15) is 0 Å². The topological polar surface area (TPSA) is 38.0 Å². The van der Waals surface area contributed by atoms with Gasteiger partial charge in [-0.2, -0.15) is 0 Å². The Balaban J connectivity index is 2.95. The van der Waals surface area contributed by atoms with Crippen molar-refractivity contribution in [3.05, 3.63) is 33.3 Å². The smallest absolute Gasteiger partial charge is 0.0569 e. The minimum Gasteiger partial charge on any atom is -0.271 e. The lowest BCUT2D eigenvalue weighted by molar-refractivity contribution is 0.568. The number of benzene rings is 1. The van der Waals surface area contributed by atoms with Crippen LogP contribution in [0.25, 0.3) is 0 Å². The van der Waals surface area contributed by atoms with Gasteiger partial charge >= 0.3 is 0 Å². The van der Waals surface area contributed by atoms with Gasteiger partial charge in [-0.15, -0.1) is 12.3 Å². The average molecular weight is 274 g/mol. The van der Waals surface area contributed by atoms with E-state index in [1.807, 2.05) is 18.2 Å². The molecule has 1 atom stereocenters. The molecule has 3 N–H and O–H groups in total. The number of hydrogen-bond acceptors (Lipinski definition) is 2. The molecule has 0 fully saturated rings. The van der Waals surface area contributed by atoms with Crippen LogP contribution in [0.15, 0.2) is 22.7 Å². The highest BCUT2D eigenvalue weighted by Crippen LogP contribution is 2.26. The van der Waals surface area contributed by atoms with Crippen LogP contribution in [0.3, 0.4) is 0 Å². The zero-order valence-corrected chi connectivity index (χ0v) is 9.77. The molecular weight excluding hydrogens is 263 g/mol. The minimum absolute atomic E-state index is 0.0504. The Labute approximate surface area is 96.9 Å². The van der Waals surface area contributed by atoms with Crippen LogP contribution in [0.2, 0.25) is 5.02 Å². The largest absolute Gasteiger partial charge is 0.271 e. The van der Waals surface area contributed by atoms with E-state index in [4.69, 9.17) is 23.9 Å². The Hall–Kier alpha value is -0.530. The van der Waals surface area contributed by atoms with Gasteiger partial charge in [0.15, 0.2) is 0 Å². The van der Waals surface area contributed by atoms with E-state index in [2.05, 4.69) is 27.3 Å². The molecule has 0 aliphatic rings. The van der Waals surface area contributed by atoms with Crippen molar-refractivity contribution in [3.63, 3.8) is 0 Å². The summed E-state index contributed by atoms with van der Waals surface area (Å²) in [4.78, 5) is 0. The molecule has 74 valence electrons. The Bertz CT molecular complexity index is 360. The van der Waals surface area contributed by atoms with Gasteiger partial charge in [0.2, 0.25) is 0 Å². The van der Waals surface area contributed by atoms with Crippen molar-refractivity contribution in [2.45, 2.75) is 12.5 Å². The summed E-state index contributed by atoms with van der Waals surface area (Å²) >= 11 is 9.26. The van der Waals surface area contributed by atoms with Gasteiger partial charge in [-0.3, -0.25) is 11.3 Å². The molecule has 14 heavy (non-hydrogen) atoms. The maximum atomic E-state index is 5.95. The third-order valence-corrected chi connectivity index (χ3v) is 3.10. The van der Waals surface area contributed by atoms with E-state index < -0.39 is 0 Å². The van der Waals surface area contributed by atoms with Crippen molar-refractivity contribution in [1.82, 2.24) is 5.43 Å². The second-order valence-electron chi connectivity index (χ2n) is 2.80. The van der Waals surface area contributed by atoms with E-state index in [0.717, 1.165) is 10.0 Å². The van der Waals surface area contributed by atoms with Crippen LogP contribution in [0, 0.1) is 12.3 Å². The van der Waals surface area contributed by atoms with Crippen molar-refractivity contribution in [2.24, 2.45) is 5.84 Å². The predicted molar refractivity (Wildman–Crippen MR) is 62.7 cm³/mol. The summed E-state index contributed by atoms with van der Waals surface area (Å²) in [5.74, 6) is 7.93. The summed E-state index contributed by atoms with van der Waals surface area (Å²) in [5.41, 5.74) is 3.63. The van der Waals surface area contributed by atoms with Crippen molar-refractivity contribution >= 4 is 27.5 Å². The summed E-state index contributed by atoms with van der Waals surface area (Å²) in [6.45, 7) is 0. The maximum absolute atomic E-state index is 5.95. The second-order valence-corrected chi connectivity index (χ2v) is 4.06. The SMILES string of the molecule is C#CCC(NN)c1ccc(Br)c(Cl)c1. The highest BCUT2D eigenvalue weighted by atomic mass is 79.9. The lowest BCUT2D eigenvalue weighted by atomic mass is 10.1. The number of rotatable bonds is 3. The average Bonchev–Trinajstić information content (AvgIpc) is 2.19. The van der Waals surface area contributed by atoms with Crippen molar-refractivity contribution in [2.75, 3.05) is 0 Å². The van der Waals surface area contributed by atoms with Crippen molar-refractivity contribution < 1.29 is 0 Å². The Morgan fingerprint density at radius 1 is 1.64 bits per heavy atom. The van der Waals surface area contributed by atoms with E-state index >= 15 is 0 Å². The number of nitrogens with one attached hydrogen (secondary N) is 1. The van der Waals surface area contributed by atoms with Gasteiger partial charge < -0.3 is 0 Å². The molecule has 0 aliphatic carbocycles. The fourth-order valence-electron chi connectivity index (χ4n) is 1.12. The summed E-state index contributed by atoms with van der Waals surface area (Å²) in [7, 11) is 0. The van der Waals surface area contributed by atoms with Crippen LogP contribution in [-0.4, -0.2) is 0 Å². The first-order chi connectivity index (χ1) is 6.69. The number of nitrogens with two attached hydrogens (primary N) is 1.